The minimum atomic E-state index is -2.73. The summed E-state index contributed by atoms with van der Waals surface area (Å²) < 4.78 is 28.7. The fraction of sp³-hybridized carbons (Fsp3) is 0.130. The number of rotatable bonds is 4. The van der Waals surface area contributed by atoms with Crippen LogP contribution < -0.4 is 5.32 Å². The molecule has 5 aromatic rings. The summed E-state index contributed by atoms with van der Waals surface area (Å²) in [6.45, 7) is 3.65. The minimum Gasteiger partial charge on any atom is -0.322 e. The number of carbonyl (C=O) groups is 1. The van der Waals surface area contributed by atoms with Crippen LogP contribution in [0.15, 0.2) is 54.7 Å². The molecule has 0 atom stereocenters. The van der Waals surface area contributed by atoms with Gasteiger partial charge < -0.3 is 5.32 Å². The number of anilines is 1. The number of aromatic nitrogens is 4. The summed E-state index contributed by atoms with van der Waals surface area (Å²) >= 11 is 1.61. The van der Waals surface area contributed by atoms with Crippen molar-refractivity contribution in [3.8, 4) is 10.6 Å². The number of carbonyl (C=O) groups excluding carboxylic acids is 1. The number of aryl methyl sites for hydroxylation is 2. The molecule has 0 bridgehead atoms. The summed E-state index contributed by atoms with van der Waals surface area (Å²) in [6, 6.07) is 14.7. The van der Waals surface area contributed by atoms with E-state index in [0.717, 1.165) is 25.3 Å². The first-order valence-corrected chi connectivity index (χ1v) is 10.6. The summed E-state index contributed by atoms with van der Waals surface area (Å²) in [7, 11) is 0. The third-order valence-electron chi connectivity index (χ3n) is 5.03. The molecule has 0 aliphatic heterocycles. The zero-order valence-corrected chi connectivity index (χ0v) is 18.0. The second kappa shape index (κ2) is 7.76. The van der Waals surface area contributed by atoms with Gasteiger partial charge in [-0.1, -0.05) is 6.07 Å². The highest BCUT2D eigenvalue weighted by Gasteiger charge is 2.20. The van der Waals surface area contributed by atoms with Crippen molar-refractivity contribution < 1.29 is 13.6 Å². The molecule has 0 radical (unpaired) electrons. The highest BCUT2D eigenvalue weighted by molar-refractivity contribution is 7.21. The van der Waals surface area contributed by atoms with Gasteiger partial charge in [0.2, 0.25) is 0 Å². The Bertz CT molecular complexity index is 1470. The van der Waals surface area contributed by atoms with Gasteiger partial charge >= 0.3 is 0 Å². The van der Waals surface area contributed by atoms with Gasteiger partial charge in [0.25, 0.3) is 12.3 Å². The molecule has 3 heterocycles. The lowest BCUT2D eigenvalue weighted by molar-refractivity contribution is 0.102. The maximum absolute atomic E-state index is 13.3. The highest BCUT2D eigenvalue weighted by atomic mass is 32.1. The number of fused-ring (bicyclic) bond motifs is 2. The molecule has 160 valence electrons. The zero-order chi connectivity index (χ0) is 22.4. The molecule has 1 N–H and O–H groups in total. The van der Waals surface area contributed by atoms with Crippen LogP contribution in [0.1, 0.15) is 33.7 Å². The van der Waals surface area contributed by atoms with Gasteiger partial charge in [0.15, 0.2) is 5.65 Å². The van der Waals surface area contributed by atoms with Crippen LogP contribution in [-0.2, 0) is 0 Å². The van der Waals surface area contributed by atoms with Crippen molar-refractivity contribution in [3.05, 3.63) is 77.2 Å². The second-order valence-corrected chi connectivity index (χ2v) is 8.47. The van der Waals surface area contributed by atoms with E-state index < -0.39 is 12.3 Å². The van der Waals surface area contributed by atoms with Gasteiger partial charge in [0.05, 0.1) is 16.4 Å². The highest BCUT2D eigenvalue weighted by Crippen LogP contribution is 2.31. The van der Waals surface area contributed by atoms with Crippen molar-refractivity contribution in [1.82, 2.24) is 19.6 Å². The van der Waals surface area contributed by atoms with Crippen LogP contribution in [0, 0.1) is 13.8 Å². The van der Waals surface area contributed by atoms with Crippen LogP contribution in [0.5, 0.6) is 0 Å². The lowest BCUT2D eigenvalue weighted by Gasteiger charge is -2.07. The maximum atomic E-state index is 13.3. The molecule has 3 aromatic heterocycles. The number of alkyl halides is 2. The maximum Gasteiger partial charge on any atom is 0.280 e. The van der Waals surface area contributed by atoms with E-state index in [2.05, 4.69) is 26.4 Å². The second-order valence-electron chi connectivity index (χ2n) is 7.44. The lowest BCUT2D eigenvalue weighted by atomic mass is 10.2. The Kier molecular flexibility index (Phi) is 4.90. The first-order valence-electron chi connectivity index (χ1n) is 9.81. The lowest BCUT2D eigenvalue weighted by Crippen LogP contribution is -2.12. The molecular weight excluding hydrogens is 432 g/mol. The molecule has 0 aliphatic rings. The van der Waals surface area contributed by atoms with Gasteiger partial charge in [-0.2, -0.15) is 5.10 Å². The minimum absolute atomic E-state index is 0.0965. The molecule has 0 saturated heterocycles. The summed E-state index contributed by atoms with van der Waals surface area (Å²) in [5.74, 6) is -0.471. The van der Waals surface area contributed by atoms with E-state index in [0.29, 0.717) is 11.4 Å². The molecular formula is C23H17F2N5OS. The van der Waals surface area contributed by atoms with Crippen LogP contribution in [0.25, 0.3) is 26.4 Å². The Labute approximate surface area is 185 Å². The number of nitrogens with zero attached hydrogens (tertiary/aromatic N) is 4. The summed E-state index contributed by atoms with van der Waals surface area (Å²) in [6.07, 6.45) is -1.48. The van der Waals surface area contributed by atoms with E-state index in [1.54, 1.807) is 30.4 Å². The van der Waals surface area contributed by atoms with Crippen LogP contribution in [0.2, 0.25) is 0 Å². The molecule has 0 spiro atoms. The average Bonchev–Trinajstić information content (AvgIpc) is 3.37. The van der Waals surface area contributed by atoms with Gasteiger partial charge in [-0.25, -0.2) is 23.3 Å². The van der Waals surface area contributed by atoms with Crippen LogP contribution >= 0.6 is 11.3 Å². The Balaban J connectivity index is 1.40. The molecule has 0 fully saturated rings. The average molecular weight is 449 g/mol. The van der Waals surface area contributed by atoms with Crippen molar-refractivity contribution in [2.45, 2.75) is 20.3 Å². The largest absolute Gasteiger partial charge is 0.322 e. The molecule has 2 aromatic carbocycles. The SMILES string of the molecule is Cc1ccc2nc(-c3ccc(NC(=O)c4cnn5c(C(F)F)cc(C)nc45)cc3)sc2c1. The van der Waals surface area contributed by atoms with Crippen molar-refractivity contribution in [2.24, 2.45) is 0 Å². The number of thiazole rings is 1. The molecule has 0 unspecified atom stereocenters. The van der Waals surface area contributed by atoms with Crippen molar-refractivity contribution in [2.75, 3.05) is 5.32 Å². The van der Waals surface area contributed by atoms with Gasteiger partial charge in [-0.3, -0.25) is 4.79 Å². The normalized spacial score (nSPS) is 11.5. The smallest absolute Gasteiger partial charge is 0.280 e. The molecule has 5 rings (SSSR count). The van der Waals surface area contributed by atoms with Crippen molar-refractivity contribution >= 4 is 38.8 Å². The molecule has 1 amide bonds. The van der Waals surface area contributed by atoms with E-state index in [1.165, 1.54) is 17.8 Å². The summed E-state index contributed by atoms with van der Waals surface area (Å²) in [5, 5.41) is 7.61. The predicted octanol–water partition coefficient (Wildman–Crippen LogP) is 5.81. The first-order chi connectivity index (χ1) is 15.4. The van der Waals surface area contributed by atoms with E-state index in [-0.39, 0.29) is 16.9 Å². The van der Waals surface area contributed by atoms with Crippen LogP contribution in [-0.4, -0.2) is 25.5 Å². The molecule has 0 aliphatic carbocycles. The standard InChI is InChI=1S/C23H17F2N5OS/c1-12-3-8-17-19(9-12)32-23(29-17)14-4-6-15(7-5-14)28-22(31)16-11-26-30-18(20(24)25)10-13(2)27-21(16)30/h3-11,20H,1-2H3,(H,28,31). The van der Waals surface area contributed by atoms with Gasteiger partial charge in [-0.15, -0.1) is 11.3 Å². The third kappa shape index (κ3) is 3.60. The van der Waals surface area contributed by atoms with E-state index in [4.69, 9.17) is 0 Å². The molecule has 0 saturated carbocycles. The summed E-state index contributed by atoms with van der Waals surface area (Å²) in [4.78, 5) is 21.7. The van der Waals surface area contributed by atoms with Gasteiger partial charge in [0.1, 0.15) is 16.3 Å². The zero-order valence-electron chi connectivity index (χ0n) is 17.1. The number of hydrogen-bond donors (Lipinski definition) is 1. The monoisotopic (exact) mass is 449 g/mol. The fourth-order valence-electron chi connectivity index (χ4n) is 3.48. The van der Waals surface area contributed by atoms with E-state index in [1.807, 2.05) is 31.2 Å². The molecule has 32 heavy (non-hydrogen) atoms. The fourth-order valence-corrected chi connectivity index (χ4v) is 4.55. The Hall–Kier alpha value is -3.72. The van der Waals surface area contributed by atoms with Gasteiger partial charge in [0, 0.05) is 16.9 Å². The van der Waals surface area contributed by atoms with E-state index in [9.17, 15) is 13.6 Å². The van der Waals surface area contributed by atoms with Crippen LogP contribution in [0.3, 0.4) is 0 Å². The van der Waals surface area contributed by atoms with Crippen LogP contribution in [0.4, 0.5) is 14.5 Å². The topological polar surface area (TPSA) is 72.2 Å². The number of halogens is 2. The Morgan fingerprint density at radius 1 is 1.06 bits per heavy atom. The first kappa shape index (κ1) is 20.2. The van der Waals surface area contributed by atoms with Crippen molar-refractivity contribution in [1.29, 1.82) is 0 Å². The Morgan fingerprint density at radius 2 is 1.84 bits per heavy atom. The predicted molar refractivity (Wildman–Crippen MR) is 120 cm³/mol. The number of amides is 1. The van der Waals surface area contributed by atoms with Gasteiger partial charge in [-0.05, 0) is 61.9 Å². The summed E-state index contributed by atoms with van der Waals surface area (Å²) in [5.41, 5.74) is 3.95. The van der Waals surface area contributed by atoms with E-state index >= 15 is 0 Å². The molecule has 9 heteroatoms. The Morgan fingerprint density at radius 3 is 2.59 bits per heavy atom. The molecule has 6 nitrogen and oxygen atoms in total. The van der Waals surface area contributed by atoms with Crippen molar-refractivity contribution in [3.63, 3.8) is 0 Å². The third-order valence-corrected chi connectivity index (χ3v) is 6.10. The number of nitrogens with one attached hydrogen (secondary N) is 1. The number of hydrogen-bond acceptors (Lipinski definition) is 5. The quantitative estimate of drug-likeness (QED) is 0.376. The number of benzene rings is 2.